The second kappa shape index (κ2) is 5.58. The summed E-state index contributed by atoms with van der Waals surface area (Å²) in [4.78, 5) is 0. The van der Waals surface area contributed by atoms with E-state index in [4.69, 9.17) is 0 Å². The number of hydrogen-bond acceptors (Lipinski definition) is 1. The summed E-state index contributed by atoms with van der Waals surface area (Å²) in [5, 5.41) is 3.29. The second-order valence-corrected chi connectivity index (χ2v) is 4.91. The van der Waals surface area contributed by atoms with Crippen molar-refractivity contribution in [2.75, 3.05) is 7.05 Å². The molecule has 94 valence electrons. The molecule has 2 rings (SSSR count). The summed E-state index contributed by atoms with van der Waals surface area (Å²) >= 11 is 0. The molecule has 1 aliphatic carbocycles. The lowest BCUT2D eigenvalue weighted by atomic mass is 9.90. The number of nitrogens with one attached hydrogen (secondary N) is 1. The monoisotopic (exact) mass is 239 g/mol. The van der Waals surface area contributed by atoms with Crippen LogP contribution in [0.3, 0.4) is 0 Å². The predicted molar refractivity (Wildman–Crippen MR) is 65.0 cm³/mol. The third kappa shape index (κ3) is 3.25. The van der Waals surface area contributed by atoms with Crippen molar-refractivity contribution < 1.29 is 8.78 Å². The van der Waals surface area contributed by atoms with Crippen LogP contribution in [-0.4, -0.2) is 13.1 Å². The van der Waals surface area contributed by atoms with Crippen LogP contribution in [0.4, 0.5) is 8.78 Å². The third-order valence-corrected chi connectivity index (χ3v) is 3.69. The van der Waals surface area contributed by atoms with Crippen LogP contribution >= 0.6 is 0 Å². The fourth-order valence-corrected chi connectivity index (χ4v) is 2.74. The highest BCUT2D eigenvalue weighted by Crippen LogP contribution is 2.32. The zero-order valence-electron chi connectivity index (χ0n) is 10.2. The summed E-state index contributed by atoms with van der Waals surface area (Å²) in [6, 6.07) is 4.36. The molecule has 1 aliphatic rings. The summed E-state index contributed by atoms with van der Waals surface area (Å²) in [6.45, 7) is 0. The first-order valence-electron chi connectivity index (χ1n) is 6.32. The van der Waals surface area contributed by atoms with Crippen molar-refractivity contribution in [3.63, 3.8) is 0 Å². The van der Waals surface area contributed by atoms with Crippen molar-refractivity contribution in [3.05, 3.63) is 35.4 Å². The summed E-state index contributed by atoms with van der Waals surface area (Å²) in [6.07, 6.45) is 5.49. The van der Waals surface area contributed by atoms with Crippen molar-refractivity contribution in [1.82, 2.24) is 5.32 Å². The van der Waals surface area contributed by atoms with Crippen LogP contribution in [0.5, 0.6) is 0 Å². The minimum Gasteiger partial charge on any atom is -0.317 e. The lowest BCUT2D eigenvalue weighted by Crippen LogP contribution is -2.25. The van der Waals surface area contributed by atoms with Crippen LogP contribution < -0.4 is 5.32 Å². The van der Waals surface area contributed by atoms with Gasteiger partial charge in [0.05, 0.1) is 0 Å². The van der Waals surface area contributed by atoms with Crippen LogP contribution in [0, 0.1) is 11.6 Å². The molecule has 0 radical (unpaired) electrons. The highest BCUT2D eigenvalue weighted by molar-refractivity contribution is 5.22. The number of hydrogen-bond donors (Lipinski definition) is 1. The van der Waals surface area contributed by atoms with Crippen molar-refractivity contribution in [2.45, 2.75) is 44.1 Å². The quantitative estimate of drug-likeness (QED) is 0.777. The molecule has 2 unspecified atom stereocenters. The largest absolute Gasteiger partial charge is 0.317 e. The number of halogens is 2. The Hall–Kier alpha value is -0.960. The van der Waals surface area contributed by atoms with Crippen molar-refractivity contribution >= 4 is 0 Å². The maximum atomic E-state index is 13.2. The van der Waals surface area contributed by atoms with E-state index in [1.807, 2.05) is 7.05 Å². The Balaban J connectivity index is 2.18. The van der Waals surface area contributed by atoms with Gasteiger partial charge in [0.25, 0.3) is 0 Å². The molecule has 0 bridgehead atoms. The summed E-state index contributed by atoms with van der Waals surface area (Å²) in [5.41, 5.74) is 0.810. The van der Waals surface area contributed by atoms with Gasteiger partial charge in [0.1, 0.15) is 11.6 Å². The molecule has 2 atom stereocenters. The Labute approximate surface area is 101 Å². The molecule has 0 amide bonds. The second-order valence-electron chi connectivity index (χ2n) is 4.91. The van der Waals surface area contributed by atoms with Gasteiger partial charge in [-0.3, -0.25) is 0 Å². The van der Waals surface area contributed by atoms with Crippen molar-refractivity contribution in [1.29, 1.82) is 0 Å². The van der Waals surface area contributed by atoms with Gasteiger partial charge in [0.15, 0.2) is 0 Å². The Morgan fingerprint density at radius 1 is 1.06 bits per heavy atom. The minimum absolute atomic E-state index is 0.278. The summed E-state index contributed by atoms with van der Waals surface area (Å²) in [7, 11) is 1.96. The van der Waals surface area contributed by atoms with Gasteiger partial charge in [-0.2, -0.15) is 0 Å². The van der Waals surface area contributed by atoms with E-state index in [1.165, 1.54) is 18.6 Å². The first-order valence-corrected chi connectivity index (χ1v) is 6.32. The Morgan fingerprint density at radius 2 is 1.71 bits per heavy atom. The van der Waals surface area contributed by atoms with Crippen LogP contribution in [0.1, 0.15) is 43.6 Å². The first-order chi connectivity index (χ1) is 8.19. The molecule has 1 aromatic rings. The average Bonchev–Trinajstić information content (AvgIpc) is 2.52. The summed E-state index contributed by atoms with van der Waals surface area (Å²) < 4.78 is 26.4. The zero-order chi connectivity index (χ0) is 12.3. The smallest absolute Gasteiger partial charge is 0.126 e. The molecule has 0 aromatic heterocycles. The van der Waals surface area contributed by atoms with Gasteiger partial charge in [-0.1, -0.05) is 12.8 Å². The highest BCUT2D eigenvalue weighted by atomic mass is 19.1. The number of rotatable bonds is 2. The molecular weight excluding hydrogens is 220 g/mol. The van der Waals surface area contributed by atoms with Crippen LogP contribution in [0.2, 0.25) is 0 Å². The predicted octanol–water partition coefficient (Wildman–Crippen LogP) is 3.60. The topological polar surface area (TPSA) is 12.0 Å². The average molecular weight is 239 g/mol. The maximum Gasteiger partial charge on any atom is 0.126 e. The molecule has 1 aromatic carbocycles. The molecule has 0 aliphatic heterocycles. The van der Waals surface area contributed by atoms with Gasteiger partial charge >= 0.3 is 0 Å². The third-order valence-electron chi connectivity index (χ3n) is 3.69. The molecule has 1 nitrogen and oxygen atoms in total. The molecule has 17 heavy (non-hydrogen) atoms. The SMILES string of the molecule is CNC1CCCCC(c2cc(F)cc(F)c2)C1. The molecule has 1 N–H and O–H groups in total. The number of benzene rings is 1. The fourth-order valence-electron chi connectivity index (χ4n) is 2.74. The molecule has 1 saturated carbocycles. The van der Waals surface area contributed by atoms with Gasteiger partial charge < -0.3 is 5.32 Å². The maximum absolute atomic E-state index is 13.2. The van der Waals surface area contributed by atoms with Gasteiger partial charge in [0.2, 0.25) is 0 Å². The Kier molecular flexibility index (Phi) is 4.11. The molecule has 0 saturated heterocycles. The molecule has 0 spiro atoms. The van der Waals surface area contributed by atoms with Gasteiger partial charge in [-0.25, -0.2) is 8.78 Å². The van der Waals surface area contributed by atoms with E-state index in [-0.39, 0.29) is 5.92 Å². The van der Waals surface area contributed by atoms with E-state index in [9.17, 15) is 8.78 Å². The van der Waals surface area contributed by atoms with Gasteiger partial charge in [-0.15, -0.1) is 0 Å². The molecular formula is C14H19F2N. The molecule has 0 heterocycles. The lowest BCUT2D eigenvalue weighted by molar-refractivity contribution is 0.468. The Bertz CT molecular complexity index is 358. The lowest BCUT2D eigenvalue weighted by Gasteiger charge is -2.20. The first kappa shape index (κ1) is 12.5. The van der Waals surface area contributed by atoms with Gasteiger partial charge in [0, 0.05) is 12.1 Å². The molecule has 1 fully saturated rings. The van der Waals surface area contributed by atoms with E-state index in [1.54, 1.807) is 0 Å². The normalized spacial score (nSPS) is 25.6. The highest BCUT2D eigenvalue weighted by Gasteiger charge is 2.21. The van der Waals surface area contributed by atoms with Crippen LogP contribution in [0.25, 0.3) is 0 Å². The van der Waals surface area contributed by atoms with Crippen LogP contribution in [0.15, 0.2) is 18.2 Å². The van der Waals surface area contributed by atoms with E-state index in [0.717, 1.165) is 37.3 Å². The molecule has 3 heteroatoms. The fraction of sp³-hybridized carbons (Fsp3) is 0.571. The van der Waals surface area contributed by atoms with E-state index < -0.39 is 11.6 Å². The van der Waals surface area contributed by atoms with Crippen molar-refractivity contribution in [3.8, 4) is 0 Å². The standard InChI is InChI=1S/C14H19F2N/c1-17-14-5-3-2-4-10(8-14)11-6-12(15)9-13(16)7-11/h6-7,9-10,14,17H,2-5,8H2,1H3. The van der Waals surface area contributed by atoms with Crippen LogP contribution in [-0.2, 0) is 0 Å². The van der Waals surface area contributed by atoms with Crippen molar-refractivity contribution in [2.24, 2.45) is 0 Å². The summed E-state index contributed by atoms with van der Waals surface area (Å²) in [5.74, 6) is -0.657. The van der Waals surface area contributed by atoms with E-state index in [0.29, 0.717) is 6.04 Å². The van der Waals surface area contributed by atoms with E-state index >= 15 is 0 Å². The minimum atomic E-state index is -0.467. The Morgan fingerprint density at radius 3 is 2.35 bits per heavy atom. The van der Waals surface area contributed by atoms with Gasteiger partial charge in [-0.05, 0) is 49.9 Å². The van der Waals surface area contributed by atoms with E-state index in [2.05, 4.69) is 5.32 Å². The zero-order valence-corrected chi connectivity index (χ0v) is 10.2.